The van der Waals surface area contributed by atoms with Gasteiger partial charge in [-0.25, -0.2) is 4.79 Å². The summed E-state index contributed by atoms with van der Waals surface area (Å²) < 4.78 is 0. The number of aliphatic hydroxyl groups excluding tert-OH is 1. The van der Waals surface area contributed by atoms with Gasteiger partial charge in [0.25, 0.3) is 0 Å². The van der Waals surface area contributed by atoms with Crippen molar-refractivity contribution >= 4 is 47.3 Å². The summed E-state index contributed by atoms with van der Waals surface area (Å²) in [5.41, 5.74) is 11.0. The maximum absolute atomic E-state index is 13.3. The number of carboxylic acid groups (broad SMARTS) is 1. The van der Waals surface area contributed by atoms with Gasteiger partial charge in [0.1, 0.15) is 36.3 Å². The molecule has 0 spiro atoms. The fourth-order valence-corrected chi connectivity index (χ4v) is 4.28. The van der Waals surface area contributed by atoms with Gasteiger partial charge < -0.3 is 58.9 Å². The molecule has 13 N–H and O–H groups in total. The fourth-order valence-electron chi connectivity index (χ4n) is 4.28. The van der Waals surface area contributed by atoms with Crippen LogP contribution in [0.2, 0.25) is 0 Å². The zero-order valence-corrected chi connectivity index (χ0v) is 29.8. The van der Waals surface area contributed by atoms with Gasteiger partial charge >= 0.3 is 5.97 Å². The summed E-state index contributed by atoms with van der Waals surface area (Å²) in [6.07, 6.45) is 1.04. The summed E-state index contributed by atoms with van der Waals surface area (Å²) in [5, 5.41) is 36.7. The average Bonchev–Trinajstić information content (AvgIpc) is 3.04. The molecule has 0 saturated heterocycles. The second-order valence-corrected chi connectivity index (χ2v) is 12.2. The molecule has 19 heteroatoms. The highest BCUT2D eigenvalue weighted by atomic mass is 16.4. The van der Waals surface area contributed by atoms with Gasteiger partial charge in [-0.2, -0.15) is 0 Å². The van der Waals surface area contributed by atoms with Crippen LogP contribution in [0.15, 0.2) is 0 Å². The molecule has 50 heavy (non-hydrogen) atoms. The van der Waals surface area contributed by atoms with Crippen molar-refractivity contribution in [2.45, 2.75) is 135 Å². The predicted molar refractivity (Wildman–Crippen MR) is 182 cm³/mol. The third kappa shape index (κ3) is 17.9. The lowest BCUT2D eigenvalue weighted by atomic mass is 10.1. The molecule has 286 valence electrons. The van der Waals surface area contributed by atoms with Crippen molar-refractivity contribution in [3.8, 4) is 0 Å². The molecule has 7 amide bonds. The van der Waals surface area contributed by atoms with E-state index >= 15 is 0 Å². The zero-order chi connectivity index (χ0) is 38.6. The van der Waals surface area contributed by atoms with Crippen LogP contribution < -0.4 is 48.7 Å². The van der Waals surface area contributed by atoms with Gasteiger partial charge in [0.05, 0.1) is 12.1 Å². The van der Waals surface area contributed by atoms with E-state index in [1.165, 1.54) is 34.6 Å². The molecule has 0 saturated carbocycles. The summed E-state index contributed by atoms with van der Waals surface area (Å²) in [6.45, 7) is 9.07. The molecule has 0 aliphatic heterocycles. The molecule has 0 radical (unpaired) electrons. The van der Waals surface area contributed by atoms with Gasteiger partial charge in [0.15, 0.2) is 0 Å². The second-order valence-electron chi connectivity index (χ2n) is 12.2. The summed E-state index contributed by atoms with van der Waals surface area (Å²) >= 11 is 0. The van der Waals surface area contributed by atoms with Crippen LogP contribution in [0.25, 0.3) is 0 Å². The van der Waals surface area contributed by atoms with E-state index in [2.05, 4.69) is 37.2 Å². The Hall–Kier alpha value is -4.36. The molecule has 0 aromatic carbocycles. The molecule has 0 aliphatic carbocycles. The van der Waals surface area contributed by atoms with Crippen LogP contribution in [0.3, 0.4) is 0 Å². The number of rotatable bonds is 24. The lowest BCUT2D eigenvalue weighted by molar-refractivity contribution is -0.142. The number of nitrogens with two attached hydrogens (primary N) is 2. The Morgan fingerprint density at radius 2 is 1.06 bits per heavy atom. The van der Waals surface area contributed by atoms with Crippen molar-refractivity contribution in [3.63, 3.8) is 0 Å². The molecule has 8 atom stereocenters. The molecule has 0 aliphatic rings. The first-order chi connectivity index (χ1) is 23.4. The van der Waals surface area contributed by atoms with Gasteiger partial charge in [-0.15, -0.1) is 0 Å². The quantitative estimate of drug-likeness (QED) is 0.0436. The van der Waals surface area contributed by atoms with E-state index in [0.717, 1.165) is 0 Å². The number of aliphatic carboxylic acids is 1. The molecular formula is C31H57N9O10. The van der Waals surface area contributed by atoms with E-state index in [4.69, 9.17) is 11.5 Å². The smallest absolute Gasteiger partial charge is 0.326 e. The highest BCUT2D eigenvalue weighted by molar-refractivity contribution is 5.96. The Morgan fingerprint density at radius 3 is 1.52 bits per heavy atom. The van der Waals surface area contributed by atoms with Crippen LogP contribution in [0, 0.1) is 0 Å². The molecular weight excluding hydrogens is 658 g/mol. The number of unbranched alkanes of at least 4 members (excludes halogenated alkanes) is 2. The molecule has 0 rings (SSSR count). The van der Waals surface area contributed by atoms with E-state index in [0.29, 0.717) is 45.2 Å². The number of carbonyl (C=O) groups is 8. The molecule has 0 aromatic heterocycles. The minimum atomic E-state index is -1.44. The number of hydrogen-bond acceptors (Lipinski definition) is 11. The topological polar surface area (TPSA) is 313 Å². The van der Waals surface area contributed by atoms with Crippen molar-refractivity contribution in [2.75, 3.05) is 13.1 Å². The average molecular weight is 716 g/mol. The largest absolute Gasteiger partial charge is 0.480 e. The van der Waals surface area contributed by atoms with Crippen LogP contribution in [0.1, 0.15) is 86.5 Å². The van der Waals surface area contributed by atoms with Crippen molar-refractivity contribution in [1.29, 1.82) is 0 Å². The predicted octanol–water partition coefficient (Wildman–Crippen LogP) is -3.41. The van der Waals surface area contributed by atoms with Crippen LogP contribution in [-0.4, -0.2) is 119 Å². The standard InChI is InChI=1S/C31H57N9O10/c1-7-23(42)34-15-11-9-12-21(38-30(48)24(20(6)41)40-25(43)16(2)33)29(47)37-18(4)27(45)35-17(3)26(44)36-19(5)28(46)39-22(31(49)50)13-8-10-14-32/h16-22,24,41H,7-15,32-33H2,1-6H3,(H,34,42)(H,35,45)(H,36,44)(H,37,47)(H,38,48)(H,39,46)(H,40,43)(H,49,50)/t16-,17-,18-,19-,20+,21-,22-,24-/m0/s1. The maximum atomic E-state index is 13.3. The number of carbonyl (C=O) groups excluding carboxylic acids is 7. The summed E-state index contributed by atoms with van der Waals surface area (Å²) in [5.74, 6) is -6.02. The van der Waals surface area contributed by atoms with Crippen LogP contribution >= 0.6 is 0 Å². The number of aliphatic hydroxyl groups is 1. The second kappa shape index (κ2) is 23.9. The Kier molecular flexibility index (Phi) is 21.8. The highest BCUT2D eigenvalue weighted by Crippen LogP contribution is 2.05. The van der Waals surface area contributed by atoms with E-state index in [1.807, 2.05) is 0 Å². The van der Waals surface area contributed by atoms with Crippen LogP contribution in [0.5, 0.6) is 0 Å². The zero-order valence-electron chi connectivity index (χ0n) is 29.8. The summed E-state index contributed by atoms with van der Waals surface area (Å²) in [4.78, 5) is 99.6. The minimum Gasteiger partial charge on any atom is -0.480 e. The normalized spacial score (nSPS) is 15.7. The van der Waals surface area contributed by atoms with Gasteiger partial charge in [-0.3, -0.25) is 33.6 Å². The Labute approximate surface area is 292 Å². The van der Waals surface area contributed by atoms with Crippen molar-refractivity contribution in [3.05, 3.63) is 0 Å². The van der Waals surface area contributed by atoms with Crippen LogP contribution in [-0.2, 0) is 38.4 Å². The Morgan fingerprint density at radius 1 is 0.600 bits per heavy atom. The SMILES string of the molecule is CCC(=O)NCCCC[C@H](NC(=O)[C@@H](NC(=O)[C@H](C)N)[C@@H](C)O)C(=O)N[C@@H](C)C(=O)N[C@@H](C)C(=O)N[C@@H](C)C(=O)N[C@@H](CCCCN)C(=O)O. The van der Waals surface area contributed by atoms with E-state index < -0.39 is 89.8 Å². The molecule has 0 aromatic rings. The lowest BCUT2D eigenvalue weighted by Crippen LogP contribution is -2.60. The van der Waals surface area contributed by atoms with Gasteiger partial charge in [-0.1, -0.05) is 6.92 Å². The highest BCUT2D eigenvalue weighted by Gasteiger charge is 2.32. The molecule has 0 heterocycles. The third-order valence-electron chi connectivity index (χ3n) is 7.49. The van der Waals surface area contributed by atoms with Crippen molar-refractivity contribution < 1.29 is 48.6 Å². The van der Waals surface area contributed by atoms with E-state index in [1.54, 1.807) is 6.92 Å². The number of amides is 7. The van der Waals surface area contributed by atoms with Crippen molar-refractivity contribution in [1.82, 2.24) is 37.2 Å². The minimum absolute atomic E-state index is 0.0657. The Bertz CT molecular complexity index is 1170. The third-order valence-corrected chi connectivity index (χ3v) is 7.49. The molecule has 0 fully saturated rings. The van der Waals surface area contributed by atoms with Gasteiger partial charge in [0.2, 0.25) is 41.4 Å². The first kappa shape index (κ1) is 45.6. The molecule has 0 bridgehead atoms. The number of hydrogen-bond donors (Lipinski definition) is 11. The van der Waals surface area contributed by atoms with Crippen molar-refractivity contribution in [2.24, 2.45) is 11.5 Å². The molecule has 19 nitrogen and oxygen atoms in total. The summed E-state index contributed by atoms with van der Waals surface area (Å²) in [6, 6.07) is -8.34. The Balaban J connectivity index is 5.44. The maximum Gasteiger partial charge on any atom is 0.326 e. The van der Waals surface area contributed by atoms with Crippen LogP contribution in [0.4, 0.5) is 0 Å². The van der Waals surface area contributed by atoms with Gasteiger partial charge in [-0.05, 0) is 79.7 Å². The number of carboxylic acids is 1. The summed E-state index contributed by atoms with van der Waals surface area (Å²) in [7, 11) is 0. The first-order valence-electron chi connectivity index (χ1n) is 16.8. The van der Waals surface area contributed by atoms with Gasteiger partial charge in [0, 0.05) is 13.0 Å². The number of nitrogens with one attached hydrogen (secondary N) is 7. The monoisotopic (exact) mass is 715 g/mol. The van der Waals surface area contributed by atoms with E-state index in [9.17, 15) is 48.6 Å². The molecule has 0 unspecified atom stereocenters. The first-order valence-corrected chi connectivity index (χ1v) is 16.8. The fraction of sp³-hybridized carbons (Fsp3) is 0.742. The lowest BCUT2D eigenvalue weighted by Gasteiger charge is -2.26. The van der Waals surface area contributed by atoms with E-state index in [-0.39, 0.29) is 18.7 Å².